The first-order valence-corrected chi connectivity index (χ1v) is 7.58. The molecular weight excluding hydrogens is 270 g/mol. The van der Waals surface area contributed by atoms with E-state index in [1.54, 1.807) is 6.92 Å². The van der Waals surface area contributed by atoms with Crippen molar-refractivity contribution < 1.29 is 4.92 Å². The maximum Gasteiger partial charge on any atom is 0.332 e. The van der Waals surface area contributed by atoms with Gasteiger partial charge in [0.05, 0.1) is 4.92 Å². The van der Waals surface area contributed by atoms with Gasteiger partial charge in [0, 0.05) is 19.6 Å². The Kier molecular flexibility index (Phi) is 4.93. The van der Waals surface area contributed by atoms with E-state index in [1.165, 1.54) is 0 Å². The Labute approximate surface area is 124 Å². The molecule has 0 radical (unpaired) electrons. The Bertz CT molecular complexity index is 520. The van der Waals surface area contributed by atoms with Crippen molar-refractivity contribution in [3.8, 4) is 0 Å². The van der Waals surface area contributed by atoms with Crippen molar-refractivity contribution in [1.82, 2.24) is 9.97 Å². The second-order valence-electron chi connectivity index (χ2n) is 5.48. The minimum Gasteiger partial charge on any atom is -0.354 e. The van der Waals surface area contributed by atoms with Gasteiger partial charge in [-0.25, -0.2) is 4.98 Å². The van der Waals surface area contributed by atoms with Crippen LogP contribution in [0.1, 0.15) is 38.8 Å². The van der Waals surface area contributed by atoms with E-state index in [-0.39, 0.29) is 10.6 Å². The third kappa shape index (κ3) is 3.40. The minimum absolute atomic E-state index is 0.0359. The predicted molar refractivity (Wildman–Crippen MR) is 82.8 cm³/mol. The fourth-order valence-electron chi connectivity index (χ4n) is 2.89. The zero-order valence-corrected chi connectivity index (χ0v) is 12.9. The summed E-state index contributed by atoms with van der Waals surface area (Å²) >= 11 is 0. The Hall–Kier alpha value is -1.92. The molecule has 1 N–H and O–H groups in total. The molecule has 0 aliphatic carbocycles. The minimum atomic E-state index is -0.368. The lowest BCUT2D eigenvalue weighted by Gasteiger charge is -2.18. The fraction of sp³-hybridized carbons (Fsp3) is 0.714. The molecule has 116 valence electrons. The average Bonchev–Trinajstić information content (AvgIpc) is 2.87. The molecule has 1 aromatic rings. The number of hydrogen-bond acceptors (Lipinski definition) is 6. The summed E-state index contributed by atoms with van der Waals surface area (Å²) in [5, 5.41) is 14.4. The van der Waals surface area contributed by atoms with Crippen molar-refractivity contribution in [3.63, 3.8) is 0 Å². The molecule has 7 nitrogen and oxygen atoms in total. The van der Waals surface area contributed by atoms with Crippen molar-refractivity contribution in [2.75, 3.05) is 29.9 Å². The van der Waals surface area contributed by atoms with Gasteiger partial charge in [-0.05, 0) is 32.6 Å². The molecule has 0 amide bonds. The first-order chi connectivity index (χ1) is 10.1. The molecule has 1 fully saturated rings. The van der Waals surface area contributed by atoms with Crippen LogP contribution in [0.3, 0.4) is 0 Å². The number of rotatable bonds is 6. The SMILES string of the molecule is CCCC1CCN(c2nc(NCC)nc(C)c2[N+](=O)[O-])C1. The van der Waals surface area contributed by atoms with Crippen LogP contribution in [0.25, 0.3) is 0 Å². The summed E-state index contributed by atoms with van der Waals surface area (Å²) in [6.45, 7) is 8.15. The van der Waals surface area contributed by atoms with Crippen LogP contribution >= 0.6 is 0 Å². The zero-order chi connectivity index (χ0) is 15.4. The summed E-state index contributed by atoms with van der Waals surface area (Å²) in [5.74, 6) is 1.53. The quantitative estimate of drug-likeness (QED) is 0.641. The number of aryl methyl sites for hydroxylation is 1. The van der Waals surface area contributed by atoms with Gasteiger partial charge in [0.15, 0.2) is 0 Å². The van der Waals surface area contributed by atoms with Crippen LogP contribution in [-0.2, 0) is 0 Å². The normalized spacial score (nSPS) is 18.0. The highest BCUT2D eigenvalue weighted by atomic mass is 16.6. The Balaban J connectivity index is 2.34. The van der Waals surface area contributed by atoms with E-state index < -0.39 is 0 Å². The van der Waals surface area contributed by atoms with Crippen LogP contribution in [-0.4, -0.2) is 34.5 Å². The molecule has 1 aromatic heterocycles. The van der Waals surface area contributed by atoms with Crippen LogP contribution in [0, 0.1) is 23.0 Å². The molecular formula is C14H23N5O2. The van der Waals surface area contributed by atoms with Gasteiger partial charge in [-0.15, -0.1) is 0 Å². The van der Waals surface area contributed by atoms with Crippen LogP contribution < -0.4 is 10.2 Å². The van der Waals surface area contributed by atoms with E-state index in [0.717, 1.165) is 32.4 Å². The summed E-state index contributed by atoms with van der Waals surface area (Å²) in [4.78, 5) is 21.6. The molecule has 7 heteroatoms. The number of aromatic nitrogens is 2. The first kappa shape index (κ1) is 15.5. The van der Waals surface area contributed by atoms with Gasteiger partial charge in [-0.3, -0.25) is 10.1 Å². The highest BCUT2D eigenvalue weighted by Crippen LogP contribution is 2.34. The predicted octanol–water partition coefficient (Wildman–Crippen LogP) is 2.75. The van der Waals surface area contributed by atoms with Crippen molar-refractivity contribution in [3.05, 3.63) is 15.8 Å². The number of nitrogens with zero attached hydrogens (tertiary/aromatic N) is 4. The number of nitrogens with one attached hydrogen (secondary N) is 1. The zero-order valence-electron chi connectivity index (χ0n) is 12.9. The fourth-order valence-corrected chi connectivity index (χ4v) is 2.89. The van der Waals surface area contributed by atoms with Crippen molar-refractivity contribution in [2.24, 2.45) is 5.92 Å². The maximum absolute atomic E-state index is 11.4. The molecule has 1 aliphatic heterocycles. The summed E-state index contributed by atoms with van der Waals surface area (Å²) in [5.41, 5.74) is 0.452. The van der Waals surface area contributed by atoms with E-state index in [4.69, 9.17) is 0 Å². The first-order valence-electron chi connectivity index (χ1n) is 7.58. The second kappa shape index (κ2) is 6.69. The van der Waals surface area contributed by atoms with E-state index in [1.807, 2.05) is 11.8 Å². The van der Waals surface area contributed by atoms with Gasteiger partial charge in [-0.1, -0.05) is 13.3 Å². The Morgan fingerprint density at radius 3 is 2.81 bits per heavy atom. The van der Waals surface area contributed by atoms with Gasteiger partial charge < -0.3 is 10.2 Å². The second-order valence-corrected chi connectivity index (χ2v) is 5.48. The maximum atomic E-state index is 11.4. The van der Waals surface area contributed by atoms with E-state index in [2.05, 4.69) is 22.2 Å². The molecule has 0 spiro atoms. The molecule has 1 saturated heterocycles. The van der Waals surface area contributed by atoms with E-state index in [0.29, 0.717) is 29.9 Å². The standard InChI is InChI=1S/C14H23N5O2/c1-4-6-11-7-8-18(9-11)13-12(19(20)21)10(3)16-14(17-13)15-5-2/h11H,4-9H2,1-3H3,(H,15,16,17). The molecule has 0 bridgehead atoms. The number of nitro groups is 1. The van der Waals surface area contributed by atoms with Crippen molar-refractivity contribution >= 4 is 17.5 Å². The summed E-state index contributed by atoms with van der Waals surface area (Å²) in [7, 11) is 0. The van der Waals surface area contributed by atoms with Crippen molar-refractivity contribution in [1.29, 1.82) is 0 Å². The molecule has 0 saturated carbocycles. The molecule has 1 unspecified atom stereocenters. The molecule has 0 aromatic carbocycles. The van der Waals surface area contributed by atoms with Crippen LogP contribution in [0.2, 0.25) is 0 Å². The molecule has 21 heavy (non-hydrogen) atoms. The van der Waals surface area contributed by atoms with Crippen LogP contribution in [0.5, 0.6) is 0 Å². The summed E-state index contributed by atoms with van der Waals surface area (Å²) in [6.07, 6.45) is 3.38. The molecule has 2 heterocycles. The van der Waals surface area contributed by atoms with Gasteiger partial charge in [-0.2, -0.15) is 4.98 Å². The van der Waals surface area contributed by atoms with Gasteiger partial charge in [0.1, 0.15) is 5.69 Å². The van der Waals surface area contributed by atoms with E-state index >= 15 is 0 Å². The lowest BCUT2D eigenvalue weighted by atomic mass is 10.0. The lowest BCUT2D eigenvalue weighted by Crippen LogP contribution is -2.23. The number of hydrogen-bond donors (Lipinski definition) is 1. The Morgan fingerprint density at radius 2 is 2.19 bits per heavy atom. The topological polar surface area (TPSA) is 84.2 Å². The Morgan fingerprint density at radius 1 is 1.43 bits per heavy atom. The third-order valence-electron chi connectivity index (χ3n) is 3.84. The molecule has 1 atom stereocenters. The summed E-state index contributed by atoms with van der Waals surface area (Å²) in [6, 6.07) is 0. The smallest absolute Gasteiger partial charge is 0.332 e. The highest BCUT2D eigenvalue weighted by molar-refractivity contribution is 5.63. The van der Waals surface area contributed by atoms with Crippen molar-refractivity contribution in [2.45, 2.75) is 40.0 Å². The van der Waals surface area contributed by atoms with E-state index in [9.17, 15) is 10.1 Å². The van der Waals surface area contributed by atoms with Crippen LogP contribution in [0.15, 0.2) is 0 Å². The average molecular weight is 293 g/mol. The summed E-state index contributed by atoms with van der Waals surface area (Å²) < 4.78 is 0. The van der Waals surface area contributed by atoms with Gasteiger partial charge in [0.2, 0.25) is 11.8 Å². The monoisotopic (exact) mass is 293 g/mol. The lowest BCUT2D eigenvalue weighted by molar-refractivity contribution is -0.385. The number of anilines is 2. The molecule has 2 rings (SSSR count). The van der Waals surface area contributed by atoms with Crippen LogP contribution in [0.4, 0.5) is 17.5 Å². The third-order valence-corrected chi connectivity index (χ3v) is 3.84. The molecule has 1 aliphatic rings. The highest BCUT2D eigenvalue weighted by Gasteiger charge is 2.31. The largest absolute Gasteiger partial charge is 0.354 e. The van der Waals surface area contributed by atoms with Gasteiger partial charge in [0.25, 0.3) is 0 Å². The van der Waals surface area contributed by atoms with Gasteiger partial charge >= 0.3 is 5.69 Å².